The second kappa shape index (κ2) is 7.36. The van der Waals surface area contributed by atoms with Gasteiger partial charge in [0.1, 0.15) is 0 Å². The van der Waals surface area contributed by atoms with E-state index in [4.69, 9.17) is 0 Å². The minimum atomic E-state index is -4.36. The van der Waals surface area contributed by atoms with Gasteiger partial charge in [-0.15, -0.1) is 0 Å². The summed E-state index contributed by atoms with van der Waals surface area (Å²) >= 11 is 0. The molecule has 10 heteroatoms. The van der Waals surface area contributed by atoms with Crippen molar-refractivity contribution in [1.29, 1.82) is 0 Å². The van der Waals surface area contributed by atoms with Crippen LogP contribution in [-0.4, -0.2) is 45.8 Å². The van der Waals surface area contributed by atoms with Gasteiger partial charge in [-0.3, -0.25) is 19.7 Å². The summed E-state index contributed by atoms with van der Waals surface area (Å²) in [7, 11) is 0. The van der Waals surface area contributed by atoms with Crippen LogP contribution < -0.4 is 4.90 Å². The maximum atomic E-state index is 12.9. The van der Waals surface area contributed by atoms with Crippen LogP contribution in [0.3, 0.4) is 0 Å². The normalized spacial score (nSPS) is 15.8. The molecular weight excluding hydrogens is 387 g/mol. The quantitative estimate of drug-likeness (QED) is 0.489. The highest BCUT2D eigenvalue weighted by Gasteiger charge is 2.31. The van der Waals surface area contributed by atoms with Crippen molar-refractivity contribution in [2.45, 2.75) is 12.8 Å². The number of alkyl halides is 3. The number of rotatable bonds is 4. The third kappa shape index (κ3) is 4.02. The minimum absolute atomic E-state index is 0.00798. The van der Waals surface area contributed by atoms with Crippen LogP contribution in [0.2, 0.25) is 0 Å². The molecule has 1 aliphatic rings. The summed E-state index contributed by atoms with van der Waals surface area (Å²) in [5, 5.41) is 16.2. The van der Waals surface area contributed by atoms with Crippen molar-refractivity contribution in [3.05, 3.63) is 64.3 Å². The number of nitrogens with zero attached hydrogens (tertiary/aromatic N) is 5. The first-order valence-electron chi connectivity index (χ1n) is 9.06. The molecule has 0 spiro atoms. The van der Waals surface area contributed by atoms with Gasteiger partial charge >= 0.3 is 6.18 Å². The van der Waals surface area contributed by atoms with Crippen molar-refractivity contribution in [1.82, 2.24) is 14.7 Å². The largest absolute Gasteiger partial charge is 0.416 e. The molecule has 1 saturated heterocycles. The van der Waals surface area contributed by atoms with Gasteiger partial charge < -0.3 is 4.90 Å². The summed E-state index contributed by atoms with van der Waals surface area (Å²) in [5.74, 6) is 0. The van der Waals surface area contributed by atoms with Crippen molar-refractivity contribution in [2.75, 3.05) is 31.1 Å². The first kappa shape index (κ1) is 19.2. The van der Waals surface area contributed by atoms with E-state index in [-0.39, 0.29) is 5.69 Å². The predicted octanol–water partition coefficient (Wildman–Crippen LogP) is 3.74. The van der Waals surface area contributed by atoms with Crippen molar-refractivity contribution >= 4 is 22.3 Å². The van der Waals surface area contributed by atoms with Gasteiger partial charge in [-0.2, -0.15) is 18.3 Å². The van der Waals surface area contributed by atoms with Crippen LogP contribution in [0, 0.1) is 10.1 Å². The number of aromatic nitrogens is 2. The monoisotopic (exact) mass is 405 g/mol. The molecule has 3 aromatic rings. The third-order valence-corrected chi connectivity index (χ3v) is 5.08. The Morgan fingerprint density at radius 1 is 1.07 bits per heavy atom. The lowest BCUT2D eigenvalue weighted by Crippen LogP contribution is -2.47. The minimum Gasteiger partial charge on any atom is -0.369 e. The molecule has 0 aliphatic carbocycles. The van der Waals surface area contributed by atoms with Gasteiger partial charge in [-0.25, -0.2) is 0 Å². The fourth-order valence-electron chi connectivity index (χ4n) is 3.50. The average Bonchev–Trinajstić information content (AvgIpc) is 3.10. The number of nitro benzene ring substituents is 1. The maximum Gasteiger partial charge on any atom is 0.416 e. The smallest absolute Gasteiger partial charge is 0.369 e. The summed E-state index contributed by atoms with van der Waals surface area (Å²) in [6.45, 7) is 2.92. The van der Waals surface area contributed by atoms with E-state index in [0.717, 1.165) is 11.5 Å². The molecule has 0 bridgehead atoms. The Balaban J connectivity index is 1.44. The molecule has 4 rings (SSSR count). The van der Waals surface area contributed by atoms with Gasteiger partial charge in [0.05, 0.1) is 28.9 Å². The highest BCUT2D eigenvalue weighted by Crippen LogP contribution is 2.32. The Morgan fingerprint density at radius 3 is 2.52 bits per heavy atom. The molecule has 1 aliphatic heterocycles. The van der Waals surface area contributed by atoms with Gasteiger partial charge in [0.2, 0.25) is 0 Å². The van der Waals surface area contributed by atoms with Crippen LogP contribution in [-0.2, 0) is 12.8 Å². The molecule has 1 fully saturated rings. The van der Waals surface area contributed by atoms with Gasteiger partial charge in [-0.05, 0) is 24.3 Å². The van der Waals surface area contributed by atoms with Crippen LogP contribution >= 0.6 is 0 Å². The molecule has 0 amide bonds. The molecule has 152 valence electrons. The van der Waals surface area contributed by atoms with Crippen LogP contribution in [0.15, 0.2) is 48.7 Å². The number of benzene rings is 2. The van der Waals surface area contributed by atoms with Crippen molar-refractivity contribution in [3.8, 4) is 0 Å². The highest BCUT2D eigenvalue weighted by molar-refractivity contribution is 5.80. The number of halogens is 3. The molecule has 0 N–H and O–H groups in total. The zero-order valence-corrected chi connectivity index (χ0v) is 15.3. The van der Waals surface area contributed by atoms with E-state index in [1.165, 1.54) is 24.3 Å². The standard InChI is InChI=1S/C19H18F3N5O2/c20-19(21,22)15-2-1-3-16(10-15)25-8-6-24(7-9-25)13-26-18-11-17(27(28)29)5-4-14(18)12-23-26/h1-5,10-12H,6-9,13H2. The van der Waals surface area contributed by atoms with E-state index < -0.39 is 16.7 Å². The Bertz CT molecular complexity index is 1040. The zero-order chi connectivity index (χ0) is 20.6. The molecular formula is C19H18F3N5O2. The van der Waals surface area contributed by atoms with Crippen molar-refractivity contribution in [2.24, 2.45) is 0 Å². The van der Waals surface area contributed by atoms with E-state index in [1.54, 1.807) is 23.0 Å². The molecule has 0 saturated carbocycles. The number of non-ortho nitro benzene ring substituents is 1. The summed E-state index contributed by atoms with van der Waals surface area (Å²) in [4.78, 5) is 14.6. The molecule has 0 atom stereocenters. The number of anilines is 1. The zero-order valence-electron chi connectivity index (χ0n) is 15.3. The second-order valence-electron chi connectivity index (χ2n) is 6.94. The Labute approximate surface area is 164 Å². The molecule has 0 unspecified atom stereocenters. The molecule has 1 aromatic heterocycles. The summed E-state index contributed by atoms with van der Waals surface area (Å²) < 4.78 is 40.5. The van der Waals surface area contributed by atoms with E-state index in [2.05, 4.69) is 10.00 Å². The maximum absolute atomic E-state index is 12.9. The molecule has 2 heterocycles. The molecule has 0 radical (unpaired) electrons. The number of fused-ring (bicyclic) bond motifs is 1. The van der Waals surface area contributed by atoms with Crippen LogP contribution in [0.5, 0.6) is 0 Å². The van der Waals surface area contributed by atoms with Crippen LogP contribution in [0.25, 0.3) is 10.9 Å². The number of hydrogen-bond acceptors (Lipinski definition) is 5. The van der Waals surface area contributed by atoms with E-state index in [0.29, 0.717) is 44.1 Å². The summed E-state index contributed by atoms with van der Waals surface area (Å²) in [5.41, 5.74) is 0.592. The number of hydrogen-bond donors (Lipinski definition) is 0. The van der Waals surface area contributed by atoms with E-state index in [1.807, 2.05) is 4.90 Å². The first-order chi connectivity index (χ1) is 13.8. The van der Waals surface area contributed by atoms with Gasteiger partial charge in [0.15, 0.2) is 0 Å². The fourth-order valence-corrected chi connectivity index (χ4v) is 3.50. The topological polar surface area (TPSA) is 67.4 Å². The fraction of sp³-hybridized carbons (Fsp3) is 0.316. The number of piperazine rings is 1. The summed E-state index contributed by atoms with van der Waals surface area (Å²) in [6.07, 6.45) is -2.69. The Kier molecular flexibility index (Phi) is 4.87. The Morgan fingerprint density at radius 2 is 1.83 bits per heavy atom. The SMILES string of the molecule is O=[N+]([O-])c1ccc2cnn(CN3CCN(c4cccc(C(F)(F)F)c4)CC3)c2c1. The average molecular weight is 405 g/mol. The molecule has 2 aromatic carbocycles. The summed E-state index contributed by atoms with van der Waals surface area (Å²) in [6, 6.07) is 9.97. The van der Waals surface area contributed by atoms with Gasteiger partial charge in [0.25, 0.3) is 5.69 Å². The van der Waals surface area contributed by atoms with Crippen LogP contribution in [0.1, 0.15) is 5.56 Å². The van der Waals surface area contributed by atoms with Crippen LogP contribution in [0.4, 0.5) is 24.5 Å². The lowest BCUT2D eigenvalue weighted by atomic mass is 10.1. The Hall–Kier alpha value is -3.14. The van der Waals surface area contributed by atoms with Gasteiger partial charge in [-0.1, -0.05) is 6.07 Å². The number of nitro groups is 1. The second-order valence-corrected chi connectivity index (χ2v) is 6.94. The predicted molar refractivity (Wildman–Crippen MR) is 102 cm³/mol. The molecule has 29 heavy (non-hydrogen) atoms. The van der Waals surface area contributed by atoms with E-state index in [9.17, 15) is 23.3 Å². The lowest BCUT2D eigenvalue weighted by Gasteiger charge is -2.36. The molecule has 7 nitrogen and oxygen atoms in total. The first-order valence-corrected chi connectivity index (χ1v) is 9.06. The highest BCUT2D eigenvalue weighted by atomic mass is 19.4. The van der Waals surface area contributed by atoms with Crippen molar-refractivity contribution < 1.29 is 18.1 Å². The van der Waals surface area contributed by atoms with Gasteiger partial charge in [0, 0.05) is 49.4 Å². The lowest BCUT2D eigenvalue weighted by molar-refractivity contribution is -0.384. The van der Waals surface area contributed by atoms with Crippen molar-refractivity contribution in [3.63, 3.8) is 0 Å². The van der Waals surface area contributed by atoms with E-state index >= 15 is 0 Å². The third-order valence-electron chi connectivity index (χ3n) is 5.08.